The van der Waals surface area contributed by atoms with Crippen LogP contribution in [0.15, 0.2) is 0 Å². The maximum absolute atomic E-state index is 12.0. The van der Waals surface area contributed by atoms with Gasteiger partial charge < -0.3 is 54.5 Å². The molecule has 0 saturated carbocycles. The number of unbranched alkanes of at least 4 members (excludes halogenated alkanes) is 5. The number of esters is 1. The zero-order valence-corrected chi connectivity index (χ0v) is 24.3. The van der Waals surface area contributed by atoms with Crippen molar-refractivity contribution in [2.45, 2.75) is 113 Å². The highest BCUT2D eigenvalue weighted by Gasteiger charge is 2.53. The third-order valence-corrected chi connectivity index (χ3v) is 7.32. The summed E-state index contributed by atoms with van der Waals surface area (Å²) in [6.45, 7) is -0.227. The van der Waals surface area contributed by atoms with Gasteiger partial charge >= 0.3 is 16.4 Å². The third kappa shape index (κ3) is 11.2. The van der Waals surface area contributed by atoms with Crippen LogP contribution < -0.4 is 5.32 Å². The largest absolute Gasteiger partial charge is 0.469 e. The molecule has 0 aromatic rings. The number of amides is 1. The van der Waals surface area contributed by atoms with Gasteiger partial charge in [-0.05, 0) is 12.8 Å². The van der Waals surface area contributed by atoms with Gasteiger partial charge in [0.2, 0.25) is 5.91 Å². The normalized spacial score (nSPS) is 33.7. The van der Waals surface area contributed by atoms with E-state index < -0.39 is 90.9 Å². The molecule has 1 amide bonds. The van der Waals surface area contributed by atoms with Crippen molar-refractivity contribution in [3.05, 3.63) is 0 Å². The summed E-state index contributed by atoms with van der Waals surface area (Å²) >= 11 is 0. The van der Waals surface area contributed by atoms with E-state index in [0.717, 1.165) is 32.1 Å². The Balaban J connectivity index is 2.08. The lowest BCUT2D eigenvalue weighted by molar-refractivity contribution is -0.342. The number of aliphatic hydroxyl groups excluding tert-OH is 5. The number of carbonyl (C=O) groups is 2. The summed E-state index contributed by atoms with van der Waals surface area (Å²) in [5, 5.41) is 53.7. The van der Waals surface area contributed by atoms with Crippen molar-refractivity contribution in [1.82, 2.24) is 5.32 Å². The lowest BCUT2D eigenvalue weighted by Gasteiger charge is -2.47. The molecule has 0 aliphatic carbocycles. The molecule has 17 nitrogen and oxygen atoms in total. The maximum Gasteiger partial charge on any atom is 0.397 e. The van der Waals surface area contributed by atoms with Gasteiger partial charge in [-0.3, -0.25) is 14.1 Å². The van der Waals surface area contributed by atoms with Crippen LogP contribution in [0.4, 0.5) is 0 Å². The molecule has 2 aliphatic heterocycles. The highest BCUT2D eigenvalue weighted by Crippen LogP contribution is 2.31. The number of hydrogen-bond donors (Lipinski definition) is 7. The van der Waals surface area contributed by atoms with Gasteiger partial charge in [-0.1, -0.05) is 25.7 Å². The van der Waals surface area contributed by atoms with Gasteiger partial charge in [0.1, 0.15) is 48.8 Å². The molecule has 0 aromatic carbocycles. The van der Waals surface area contributed by atoms with Crippen LogP contribution >= 0.6 is 0 Å². The van der Waals surface area contributed by atoms with E-state index in [0.29, 0.717) is 12.8 Å². The number of carbonyl (C=O) groups excluding carboxylic acids is 2. The second-order valence-electron chi connectivity index (χ2n) is 10.1. The zero-order chi connectivity index (χ0) is 31.4. The van der Waals surface area contributed by atoms with E-state index in [1.165, 1.54) is 14.0 Å². The average Bonchev–Trinajstić information content (AvgIpc) is 2.93. The molecule has 2 heterocycles. The van der Waals surface area contributed by atoms with Crippen molar-refractivity contribution < 1.29 is 76.0 Å². The minimum absolute atomic E-state index is 0.162. The van der Waals surface area contributed by atoms with E-state index >= 15 is 0 Å². The Hall–Kier alpha value is -1.55. The number of rotatable bonds is 17. The number of hydrogen-bond acceptors (Lipinski definition) is 15. The van der Waals surface area contributed by atoms with Crippen molar-refractivity contribution in [1.29, 1.82) is 0 Å². The molecule has 10 atom stereocenters. The molecule has 42 heavy (non-hydrogen) atoms. The molecule has 246 valence electrons. The fourth-order valence-corrected chi connectivity index (χ4v) is 5.22. The summed E-state index contributed by atoms with van der Waals surface area (Å²) < 4.78 is 63.2. The predicted octanol–water partition coefficient (Wildman–Crippen LogP) is -2.50. The average molecular weight is 634 g/mol. The van der Waals surface area contributed by atoms with Gasteiger partial charge in [0.05, 0.1) is 20.3 Å². The molecule has 2 aliphatic rings. The van der Waals surface area contributed by atoms with Crippen LogP contribution in [0.25, 0.3) is 0 Å². The van der Waals surface area contributed by atoms with Crippen molar-refractivity contribution in [3.8, 4) is 0 Å². The Labute approximate surface area is 243 Å². The molecule has 2 saturated heterocycles. The van der Waals surface area contributed by atoms with Crippen LogP contribution in [0.1, 0.15) is 51.9 Å². The maximum atomic E-state index is 12.0. The van der Waals surface area contributed by atoms with E-state index in [-0.39, 0.29) is 12.6 Å². The molecule has 7 N–H and O–H groups in total. The molecule has 0 spiro atoms. The van der Waals surface area contributed by atoms with E-state index in [1.54, 1.807) is 0 Å². The lowest BCUT2D eigenvalue weighted by Crippen LogP contribution is -2.68. The minimum Gasteiger partial charge on any atom is -0.469 e. The summed E-state index contributed by atoms with van der Waals surface area (Å²) in [6.07, 6.45) is -9.95. The fourth-order valence-electron chi connectivity index (χ4n) is 4.71. The summed E-state index contributed by atoms with van der Waals surface area (Å²) in [5.41, 5.74) is 0. The van der Waals surface area contributed by atoms with Gasteiger partial charge in [-0.25, -0.2) is 4.18 Å². The molecular formula is C24H43NO16S. The topological polar surface area (TPSA) is 257 Å². The quantitative estimate of drug-likeness (QED) is 0.0496. The number of nitrogens with one attached hydrogen (secondary N) is 1. The molecule has 0 radical (unpaired) electrons. The van der Waals surface area contributed by atoms with Crippen molar-refractivity contribution in [2.24, 2.45) is 0 Å². The highest BCUT2D eigenvalue weighted by atomic mass is 32.3. The van der Waals surface area contributed by atoms with E-state index in [9.17, 15) is 43.5 Å². The molecule has 2 rings (SSSR count). The second-order valence-corrected chi connectivity index (χ2v) is 11.1. The highest BCUT2D eigenvalue weighted by molar-refractivity contribution is 7.80. The van der Waals surface area contributed by atoms with Crippen LogP contribution in [-0.4, -0.2) is 139 Å². The smallest absolute Gasteiger partial charge is 0.397 e. The standard InChI is InChI=1S/C24H43NO16S/c1-13(28)25-17-21(40-24-20(32)22(41-42(33,34)35)19(31)15(12-27)39-24)18(30)14(11-26)38-23(17)37-10-8-6-4-3-5-7-9-16(29)36-2/h14-15,17-24,26-27,30-32H,3-12H2,1-2H3,(H,25,28)(H,33,34,35)/t14-,15-,17+,18-,19+,20-,21-,22+,23+,24+/m1/s1. The van der Waals surface area contributed by atoms with E-state index in [4.69, 9.17) is 23.5 Å². The summed E-state index contributed by atoms with van der Waals surface area (Å²) in [6, 6.07) is -1.23. The van der Waals surface area contributed by atoms with Gasteiger partial charge in [0.25, 0.3) is 0 Å². The van der Waals surface area contributed by atoms with Crippen molar-refractivity contribution in [3.63, 3.8) is 0 Å². The minimum atomic E-state index is -5.17. The van der Waals surface area contributed by atoms with Gasteiger partial charge in [0.15, 0.2) is 12.6 Å². The molecule has 0 bridgehead atoms. The molecule has 0 aromatic heterocycles. The number of ether oxygens (including phenoxy) is 5. The van der Waals surface area contributed by atoms with Crippen LogP contribution in [0.3, 0.4) is 0 Å². The Kier molecular flexibility index (Phi) is 15.4. The molecule has 0 unspecified atom stereocenters. The zero-order valence-electron chi connectivity index (χ0n) is 23.5. The van der Waals surface area contributed by atoms with Crippen LogP contribution in [0.2, 0.25) is 0 Å². The summed E-state index contributed by atoms with van der Waals surface area (Å²) in [5.74, 6) is -0.825. The van der Waals surface area contributed by atoms with Crippen molar-refractivity contribution >= 4 is 22.3 Å². The summed E-state index contributed by atoms with van der Waals surface area (Å²) in [4.78, 5) is 23.2. The van der Waals surface area contributed by atoms with Crippen molar-refractivity contribution in [2.75, 3.05) is 26.9 Å². The third-order valence-electron chi connectivity index (χ3n) is 6.85. The van der Waals surface area contributed by atoms with Gasteiger partial charge in [-0.2, -0.15) is 8.42 Å². The Morgan fingerprint density at radius 2 is 1.38 bits per heavy atom. The first kappa shape index (κ1) is 36.6. The number of methoxy groups -OCH3 is 1. The van der Waals surface area contributed by atoms with Crippen LogP contribution in [0, 0.1) is 0 Å². The summed E-state index contributed by atoms with van der Waals surface area (Å²) in [7, 11) is -3.83. The van der Waals surface area contributed by atoms with Gasteiger partial charge in [0, 0.05) is 20.0 Å². The molecule has 2 fully saturated rings. The van der Waals surface area contributed by atoms with E-state index in [2.05, 4.69) is 14.2 Å². The Morgan fingerprint density at radius 1 is 0.833 bits per heavy atom. The van der Waals surface area contributed by atoms with Crippen LogP contribution in [-0.2, 0) is 47.9 Å². The SMILES string of the molecule is COC(=O)CCCCCCCCO[C@H]1O[C@H](CO)[C@@H](O)[C@H](O[C@@H]2O[C@H](CO)[C@H](O)[C@H](OS(=O)(=O)O)[C@H]2O)[C@@H]1NC(C)=O. The number of aliphatic hydroxyl groups is 5. The monoisotopic (exact) mass is 633 g/mol. The molecular weight excluding hydrogens is 590 g/mol. The van der Waals surface area contributed by atoms with Gasteiger partial charge in [-0.15, -0.1) is 0 Å². The Morgan fingerprint density at radius 3 is 1.93 bits per heavy atom. The second kappa shape index (κ2) is 17.7. The first-order valence-electron chi connectivity index (χ1n) is 13.7. The first-order chi connectivity index (χ1) is 19.8. The lowest BCUT2D eigenvalue weighted by atomic mass is 9.95. The fraction of sp³-hybridized carbons (Fsp3) is 0.917. The van der Waals surface area contributed by atoms with Crippen LogP contribution in [0.5, 0.6) is 0 Å². The van der Waals surface area contributed by atoms with E-state index in [1.807, 2.05) is 0 Å². The Bertz CT molecular complexity index is 937. The molecule has 18 heteroatoms. The predicted molar refractivity (Wildman–Crippen MR) is 139 cm³/mol. The first-order valence-corrected chi connectivity index (χ1v) is 15.0.